The fourth-order valence-corrected chi connectivity index (χ4v) is 4.24. The van der Waals surface area contributed by atoms with Gasteiger partial charge in [0.2, 0.25) is 5.91 Å². The van der Waals surface area contributed by atoms with Crippen molar-refractivity contribution in [3.05, 3.63) is 65.4 Å². The molecule has 0 unspecified atom stereocenters. The standard InChI is InChI=1S/C23H23NO4/c1-27-16-11-12-17(21(13-16)28-2)18-14-22(26)24(15-7-4-3-5-8-15)19-9-6-10-20(25)23(18)19/h3-5,7-8,11-13,18H,6,9-10,14H2,1-2H3/t18-/m1/s1. The number of anilines is 1. The van der Waals surface area contributed by atoms with Crippen LogP contribution in [-0.2, 0) is 9.59 Å². The largest absolute Gasteiger partial charge is 0.497 e. The highest BCUT2D eigenvalue weighted by Gasteiger charge is 2.40. The van der Waals surface area contributed by atoms with E-state index in [1.807, 2.05) is 42.5 Å². The van der Waals surface area contributed by atoms with Gasteiger partial charge in [-0.1, -0.05) is 24.3 Å². The third-order valence-corrected chi connectivity index (χ3v) is 5.51. The number of benzene rings is 2. The van der Waals surface area contributed by atoms with Crippen LogP contribution in [0.4, 0.5) is 5.69 Å². The van der Waals surface area contributed by atoms with Crippen LogP contribution in [0.5, 0.6) is 11.5 Å². The first-order chi connectivity index (χ1) is 13.6. The number of ketones is 1. The number of allylic oxidation sites excluding steroid dienone is 2. The summed E-state index contributed by atoms with van der Waals surface area (Å²) in [6, 6.07) is 15.1. The molecule has 1 heterocycles. The molecule has 1 aliphatic carbocycles. The number of carbonyl (C=O) groups excluding carboxylic acids is 2. The molecule has 0 spiro atoms. The van der Waals surface area contributed by atoms with E-state index in [4.69, 9.17) is 9.47 Å². The molecular formula is C23H23NO4. The van der Waals surface area contributed by atoms with Crippen LogP contribution < -0.4 is 14.4 Å². The van der Waals surface area contributed by atoms with Crippen molar-refractivity contribution in [3.8, 4) is 11.5 Å². The maximum atomic E-state index is 13.2. The number of Topliss-reactive ketones (excluding diaryl/α,β-unsaturated/α-hetero) is 1. The van der Waals surface area contributed by atoms with E-state index in [1.54, 1.807) is 25.2 Å². The Labute approximate surface area is 164 Å². The predicted octanol–water partition coefficient (Wildman–Crippen LogP) is 4.23. The summed E-state index contributed by atoms with van der Waals surface area (Å²) in [5.41, 5.74) is 3.25. The highest BCUT2D eigenvalue weighted by Crippen LogP contribution is 2.46. The van der Waals surface area contributed by atoms with Crippen LogP contribution in [0, 0.1) is 0 Å². The predicted molar refractivity (Wildman–Crippen MR) is 107 cm³/mol. The minimum absolute atomic E-state index is 0.00233. The molecule has 1 aliphatic heterocycles. The molecule has 0 fully saturated rings. The van der Waals surface area contributed by atoms with E-state index < -0.39 is 0 Å². The Morgan fingerprint density at radius 1 is 0.964 bits per heavy atom. The summed E-state index contributed by atoms with van der Waals surface area (Å²) < 4.78 is 10.9. The molecule has 0 N–H and O–H groups in total. The van der Waals surface area contributed by atoms with E-state index in [1.165, 1.54) is 0 Å². The van der Waals surface area contributed by atoms with Crippen LogP contribution >= 0.6 is 0 Å². The minimum atomic E-state index is -0.295. The molecule has 0 bridgehead atoms. The zero-order chi connectivity index (χ0) is 19.7. The van der Waals surface area contributed by atoms with Crippen molar-refractivity contribution < 1.29 is 19.1 Å². The first-order valence-electron chi connectivity index (χ1n) is 9.50. The molecule has 5 heteroatoms. The molecule has 1 atom stereocenters. The van der Waals surface area contributed by atoms with Gasteiger partial charge in [0.25, 0.3) is 0 Å². The lowest BCUT2D eigenvalue weighted by Crippen LogP contribution is -2.40. The van der Waals surface area contributed by atoms with Gasteiger partial charge in [-0.2, -0.15) is 0 Å². The van der Waals surface area contributed by atoms with Gasteiger partial charge in [0.15, 0.2) is 5.78 Å². The number of methoxy groups -OCH3 is 2. The summed E-state index contributed by atoms with van der Waals surface area (Å²) in [6.07, 6.45) is 2.24. The van der Waals surface area contributed by atoms with Crippen LogP contribution in [-0.4, -0.2) is 25.9 Å². The average molecular weight is 377 g/mol. The van der Waals surface area contributed by atoms with Gasteiger partial charge in [0, 0.05) is 47.3 Å². The first kappa shape index (κ1) is 18.3. The topological polar surface area (TPSA) is 55.8 Å². The highest BCUT2D eigenvalue weighted by atomic mass is 16.5. The summed E-state index contributed by atoms with van der Waals surface area (Å²) >= 11 is 0. The molecule has 0 saturated carbocycles. The Morgan fingerprint density at radius 2 is 1.75 bits per heavy atom. The molecule has 0 aromatic heterocycles. The van der Waals surface area contributed by atoms with Gasteiger partial charge < -0.3 is 9.47 Å². The fourth-order valence-electron chi connectivity index (χ4n) is 4.24. The average Bonchev–Trinajstić information content (AvgIpc) is 2.73. The smallest absolute Gasteiger partial charge is 0.232 e. The second-order valence-corrected chi connectivity index (χ2v) is 7.07. The number of hydrogen-bond donors (Lipinski definition) is 0. The van der Waals surface area contributed by atoms with Crippen LogP contribution in [0.1, 0.15) is 37.2 Å². The summed E-state index contributed by atoms with van der Waals surface area (Å²) in [6.45, 7) is 0. The van der Waals surface area contributed by atoms with Crippen molar-refractivity contribution in [1.82, 2.24) is 0 Å². The molecule has 2 aromatic rings. The normalized spacial score (nSPS) is 19.5. The Morgan fingerprint density at radius 3 is 2.46 bits per heavy atom. The number of carbonyl (C=O) groups is 2. The van der Waals surface area contributed by atoms with E-state index in [2.05, 4.69) is 0 Å². The molecule has 1 amide bonds. The lowest BCUT2D eigenvalue weighted by Gasteiger charge is -2.38. The maximum absolute atomic E-state index is 13.2. The maximum Gasteiger partial charge on any atom is 0.232 e. The summed E-state index contributed by atoms with van der Waals surface area (Å²) in [7, 11) is 3.19. The van der Waals surface area contributed by atoms with Crippen molar-refractivity contribution in [3.63, 3.8) is 0 Å². The van der Waals surface area contributed by atoms with Gasteiger partial charge in [0.1, 0.15) is 11.5 Å². The molecular weight excluding hydrogens is 354 g/mol. The second-order valence-electron chi connectivity index (χ2n) is 7.07. The van der Waals surface area contributed by atoms with E-state index in [9.17, 15) is 9.59 Å². The number of amides is 1. The van der Waals surface area contributed by atoms with Gasteiger partial charge in [-0.25, -0.2) is 0 Å². The van der Waals surface area contributed by atoms with Gasteiger partial charge in [-0.15, -0.1) is 0 Å². The molecule has 5 nitrogen and oxygen atoms in total. The lowest BCUT2D eigenvalue weighted by atomic mass is 9.77. The molecule has 2 aliphatic rings. The molecule has 144 valence electrons. The molecule has 0 radical (unpaired) electrons. The van der Waals surface area contributed by atoms with Crippen LogP contribution in [0.3, 0.4) is 0 Å². The third kappa shape index (κ3) is 3.07. The van der Waals surface area contributed by atoms with Crippen LogP contribution in [0.15, 0.2) is 59.8 Å². The SMILES string of the molecule is COc1ccc([C@H]2CC(=O)N(c3ccccc3)C3=C2C(=O)CCC3)c(OC)c1. The fraction of sp³-hybridized carbons (Fsp3) is 0.304. The molecule has 0 saturated heterocycles. The second kappa shape index (κ2) is 7.50. The first-order valence-corrected chi connectivity index (χ1v) is 9.50. The summed E-state index contributed by atoms with van der Waals surface area (Å²) in [4.78, 5) is 27.9. The number of ether oxygens (including phenoxy) is 2. The quantitative estimate of drug-likeness (QED) is 0.800. The highest BCUT2D eigenvalue weighted by molar-refractivity contribution is 6.07. The lowest BCUT2D eigenvalue weighted by molar-refractivity contribution is -0.119. The zero-order valence-electron chi connectivity index (χ0n) is 16.1. The Bertz CT molecular complexity index is 948. The minimum Gasteiger partial charge on any atom is -0.497 e. The molecule has 28 heavy (non-hydrogen) atoms. The Kier molecular flexibility index (Phi) is 4.90. The summed E-state index contributed by atoms with van der Waals surface area (Å²) in [5.74, 6) is 1.14. The summed E-state index contributed by atoms with van der Waals surface area (Å²) in [5, 5.41) is 0. The van der Waals surface area contributed by atoms with Crippen molar-refractivity contribution in [1.29, 1.82) is 0 Å². The number of nitrogens with zero attached hydrogens (tertiary/aromatic N) is 1. The van der Waals surface area contributed by atoms with Crippen LogP contribution in [0.2, 0.25) is 0 Å². The number of hydrogen-bond acceptors (Lipinski definition) is 4. The van der Waals surface area contributed by atoms with Crippen molar-refractivity contribution in [2.24, 2.45) is 0 Å². The number of rotatable bonds is 4. The van der Waals surface area contributed by atoms with Gasteiger partial charge in [-0.05, 0) is 31.0 Å². The molecule has 2 aromatic carbocycles. The van der Waals surface area contributed by atoms with Gasteiger partial charge >= 0.3 is 0 Å². The number of para-hydroxylation sites is 1. The Balaban J connectivity index is 1.86. The van der Waals surface area contributed by atoms with E-state index in [0.29, 0.717) is 17.9 Å². The van der Waals surface area contributed by atoms with E-state index in [0.717, 1.165) is 35.4 Å². The van der Waals surface area contributed by atoms with E-state index >= 15 is 0 Å². The van der Waals surface area contributed by atoms with Crippen molar-refractivity contribution >= 4 is 17.4 Å². The van der Waals surface area contributed by atoms with Gasteiger partial charge in [-0.3, -0.25) is 14.5 Å². The van der Waals surface area contributed by atoms with Crippen LogP contribution in [0.25, 0.3) is 0 Å². The molecule has 4 rings (SSSR count). The third-order valence-electron chi connectivity index (χ3n) is 5.51. The van der Waals surface area contributed by atoms with Crippen molar-refractivity contribution in [2.75, 3.05) is 19.1 Å². The monoisotopic (exact) mass is 377 g/mol. The van der Waals surface area contributed by atoms with E-state index in [-0.39, 0.29) is 24.0 Å². The zero-order valence-corrected chi connectivity index (χ0v) is 16.1. The Hall–Kier alpha value is -3.08. The van der Waals surface area contributed by atoms with Gasteiger partial charge in [0.05, 0.1) is 14.2 Å². The van der Waals surface area contributed by atoms with Crippen molar-refractivity contribution in [2.45, 2.75) is 31.6 Å².